The summed E-state index contributed by atoms with van der Waals surface area (Å²) < 4.78 is 5.70. The van der Waals surface area contributed by atoms with Crippen LogP contribution in [0.5, 0.6) is 0 Å². The van der Waals surface area contributed by atoms with Crippen molar-refractivity contribution in [3.8, 4) is 10.8 Å². The molecule has 0 aliphatic heterocycles. The fourth-order valence-corrected chi connectivity index (χ4v) is 3.82. The van der Waals surface area contributed by atoms with Gasteiger partial charge < -0.3 is 14.8 Å². The Balaban J connectivity index is 1.63. The molecule has 2 heterocycles. The Morgan fingerprint density at radius 2 is 2.18 bits per heavy atom. The maximum atomic E-state index is 9.84. The number of aliphatic hydroxyl groups excluding tert-OH is 1. The quantitative estimate of drug-likeness (QED) is 0.855. The molecule has 2 N–H and O–H groups in total. The van der Waals surface area contributed by atoms with Gasteiger partial charge in [0, 0.05) is 5.54 Å². The molecule has 0 aromatic carbocycles. The Bertz CT molecular complexity index is 578. The number of nitrogens with one attached hydrogen (secondary N) is 1. The summed E-state index contributed by atoms with van der Waals surface area (Å²) in [5.41, 5.74) is -0.280. The van der Waals surface area contributed by atoms with Crippen molar-refractivity contribution in [2.24, 2.45) is 5.92 Å². The van der Waals surface area contributed by atoms with Gasteiger partial charge in [-0.1, -0.05) is 25.3 Å². The summed E-state index contributed by atoms with van der Waals surface area (Å²) in [7, 11) is 0. The minimum Gasteiger partial charge on any atom is -0.419 e. The van der Waals surface area contributed by atoms with Crippen LogP contribution >= 0.6 is 11.3 Å². The van der Waals surface area contributed by atoms with Crippen molar-refractivity contribution in [2.75, 3.05) is 6.61 Å². The molecule has 0 amide bonds. The Kier molecular flexibility index (Phi) is 4.90. The molecule has 1 aliphatic carbocycles. The van der Waals surface area contributed by atoms with Crippen LogP contribution < -0.4 is 5.32 Å². The Morgan fingerprint density at radius 3 is 2.86 bits per heavy atom. The molecular weight excluding hydrogens is 298 g/mol. The summed E-state index contributed by atoms with van der Waals surface area (Å²) in [5, 5.41) is 23.5. The second-order valence-corrected chi connectivity index (χ2v) is 7.19. The number of aliphatic hydroxyl groups is 1. The molecule has 22 heavy (non-hydrogen) atoms. The van der Waals surface area contributed by atoms with Gasteiger partial charge in [0.2, 0.25) is 5.89 Å². The first-order valence-corrected chi connectivity index (χ1v) is 8.81. The third-order valence-corrected chi connectivity index (χ3v) is 5.53. The zero-order valence-corrected chi connectivity index (χ0v) is 13.7. The van der Waals surface area contributed by atoms with Crippen molar-refractivity contribution in [3.63, 3.8) is 0 Å². The fraction of sp³-hybridized carbons (Fsp3) is 0.625. The molecule has 0 spiro atoms. The first-order chi connectivity index (χ1) is 10.7. The maximum absolute atomic E-state index is 9.84. The molecule has 1 unspecified atom stereocenters. The molecule has 0 bridgehead atoms. The van der Waals surface area contributed by atoms with Gasteiger partial charge in [-0.05, 0) is 37.1 Å². The summed E-state index contributed by atoms with van der Waals surface area (Å²) in [4.78, 5) is 0.982. The first-order valence-electron chi connectivity index (χ1n) is 7.93. The lowest BCUT2D eigenvalue weighted by Crippen LogP contribution is -2.52. The minimum absolute atomic E-state index is 0.129. The minimum atomic E-state index is -0.280. The van der Waals surface area contributed by atoms with Crippen LogP contribution in [0.1, 0.15) is 44.9 Å². The molecule has 1 saturated carbocycles. The van der Waals surface area contributed by atoms with Crippen LogP contribution in [-0.4, -0.2) is 27.4 Å². The molecule has 1 atom stereocenters. The molecule has 2 aromatic heterocycles. The van der Waals surface area contributed by atoms with Crippen LogP contribution in [0.25, 0.3) is 10.8 Å². The van der Waals surface area contributed by atoms with E-state index in [2.05, 4.69) is 22.4 Å². The molecule has 1 aliphatic rings. The summed E-state index contributed by atoms with van der Waals surface area (Å²) in [5.74, 6) is 1.64. The van der Waals surface area contributed by atoms with E-state index in [9.17, 15) is 5.11 Å². The highest BCUT2D eigenvalue weighted by atomic mass is 32.1. The van der Waals surface area contributed by atoms with Crippen LogP contribution in [0, 0.1) is 5.92 Å². The monoisotopic (exact) mass is 321 g/mol. The Hall–Kier alpha value is -1.24. The predicted octanol–water partition coefficient (Wildman–Crippen LogP) is 3.22. The molecule has 6 heteroatoms. The van der Waals surface area contributed by atoms with E-state index >= 15 is 0 Å². The van der Waals surface area contributed by atoms with Gasteiger partial charge in [0.05, 0.1) is 18.0 Å². The molecule has 0 saturated heterocycles. The van der Waals surface area contributed by atoms with Crippen molar-refractivity contribution in [1.82, 2.24) is 15.5 Å². The van der Waals surface area contributed by atoms with Gasteiger partial charge in [0.1, 0.15) is 0 Å². The van der Waals surface area contributed by atoms with Crippen LogP contribution in [0.15, 0.2) is 21.9 Å². The number of aromatic nitrogens is 2. The van der Waals surface area contributed by atoms with E-state index in [-0.39, 0.29) is 12.1 Å². The second kappa shape index (κ2) is 6.89. The maximum Gasteiger partial charge on any atom is 0.257 e. The summed E-state index contributed by atoms with van der Waals surface area (Å²) >= 11 is 1.58. The zero-order chi connectivity index (χ0) is 15.4. The molecular formula is C16H23N3O2S. The third-order valence-electron chi connectivity index (χ3n) is 4.68. The number of hydrogen-bond donors (Lipinski definition) is 2. The van der Waals surface area contributed by atoms with Crippen molar-refractivity contribution >= 4 is 11.3 Å². The zero-order valence-electron chi connectivity index (χ0n) is 12.9. The molecule has 5 nitrogen and oxygen atoms in total. The van der Waals surface area contributed by atoms with Crippen molar-refractivity contribution in [3.05, 3.63) is 23.4 Å². The SMILES string of the molecule is CC(CO)(NCc1nnc(-c2cccs2)o1)C1CCCCC1. The van der Waals surface area contributed by atoms with Crippen molar-refractivity contribution < 1.29 is 9.52 Å². The topological polar surface area (TPSA) is 71.2 Å². The number of rotatable bonds is 6. The molecule has 120 valence electrons. The second-order valence-electron chi connectivity index (χ2n) is 6.24. The lowest BCUT2D eigenvalue weighted by molar-refractivity contribution is 0.0915. The predicted molar refractivity (Wildman–Crippen MR) is 86.5 cm³/mol. The highest BCUT2D eigenvalue weighted by molar-refractivity contribution is 7.13. The highest BCUT2D eigenvalue weighted by Crippen LogP contribution is 2.32. The van der Waals surface area contributed by atoms with E-state index in [1.54, 1.807) is 11.3 Å². The lowest BCUT2D eigenvalue weighted by Gasteiger charge is -2.39. The number of nitrogens with zero attached hydrogens (tertiary/aromatic N) is 2. The fourth-order valence-electron chi connectivity index (χ4n) is 3.17. The van der Waals surface area contributed by atoms with E-state index in [0.29, 0.717) is 24.2 Å². The van der Waals surface area contributed by atoms with Gasteiger partial charge >= 0.3 is 0 Å². The lowest BCUT2D eigenvalue weighted by atomic mass is 9.76. The molecule has 2 aromatic rings. The van der Waals surface area contributed by atoms with Crippen molar-refractivity contribution in [2.45, 2.75) is 51.1 Å². The van der Waals surface area contributed by atoms with E-state index in [4.69, 9.17) is 4.42 Å². The van der Waals surface area contributed by atoms with Crippen LogP contribution in [0.3, 0.4) is 0 Å². The molecule has 1 fully saturated rings. The smallest absolute Gasteiger partial charge is 0.257 e. The molecule has 3 rings (SSSR count). The van der Waals surface area contributed by atoms with Crippen molar-refractivity contribution in [1.29, 1.82) is 0 Å². The average molecular weight is 321 g/mol. The van der Waals surface area contributed by atoms with E-state index in [1.165, 1.54) is 32.1 Å². The van der Waals surface area contributed by atoms with Gasteiger partial charge in [-0.2, -0.15) is 0 Å². The average Bonchev–Trinajstić information content (AvgIpc) is 3.24. The van der Waals surface area contributed by atoms with Gasteiger partial charge in [0.25, 0.3) is 5.89 Å². The van der Waals surface area contributed by atoms with Gasteiger partial charge in [0.15, 0.2) is 0 Å². The summed E-state index contributed by atoms with van der Waals surface area (Å²) in [6.45, 7) is 2.72. The number of thiophene rings is 1. The van der Waals surface area contributed by atoms with E-state index in [0.717, 1.165) is 4.88 Å². The van der Waals surface area contributed by atoms with Crippen LogP contribution in [0.4, 0.5) is 0 Å². The van der Waals surface area contributed by atoms with Crippen LogP contribution in [0.2, 0.25) is 0 Å². The van der Waals surface area contributed by atoms with E-state index in [1.807, 2.05) is 17.5 Å². The largest absolute Gasteiger partial charge is 0.419 e. The number of hydrogen-bond acceptors (Lipinski definition) is 6. The summed E-state index contributed by atoms with van der Waals surface area (Å²) in [6, 6.07) is 3.93. The van der Waals surface area contributed by atoms with Crippen LogP contribution in [-0.2, 0) is 6.54 Å². The highest BCUT2D eigenvalue weighted by Gasteiger charge is 2.34. The van der Waals surface area contributed by atoms with Gasteiger partial charge in [-0.25, -0.2) is 0 Å². The normalized spacial score (nSPS) is 19.2. The Labute approximate surface area is 134 Å². The standard InChI is InChI=1S/C16H23N3O2S/c1-16(11-20,12-6-3-2-4-7-12)17-10-14-18-19-15(21-14)13-8-5-9-22-13/h5,8-9,12,17,20H,2-4,6-7,10-11H2,1H3. The third kappa shape index (κ3) is 3.39. The summed E-state index contributed by atoms with van der Waals surface area (Å²) in [6.07, 6.45) is 6.17. The Morgan fingerprint density at radius 1 is 1.36 bits per heavy atom. The first kappa shape index (κ1) is 15.6. The van der Waals surface area contributed by atoms with Gasteiger partial charge in [-0.3, -0.25) is 0 Å². The van der Waals surface area contributed by atoms with Gasteiger partial charge in [-0.15, -0.1) is 21.5 Å². The van der Waals surface area contributed by atoms with E-state index < -0.39 is 0 Å². The molecule has 0 radical (unpaired) electrons.